The van der Waals surface area contributed by atoms with Gasteiger partial charge in [0, 0.05) is 19.6 Å². The van der Waals surface area contributed by atoms with E-state index in [0.29, 0.717) is 31.5 Å². The number of amides is 2. The minimum absolute atomic E-state index is 0.249. The zero-order valence-corrected chi connectivity index (χ0v) is 11.6. The summed E-state index contributed by atoms with van der Waals surface area (Å²) in [5.74, 6) is -1.33. The average Bonchev–Trinajstić information content (AvgIpc) is 2.53. The molecule has 6 heteroatoms. The summed E-state index contributed by atoms with van der Waals surface area (Å²) in [5, 5.41) is 20.6. The minimum Gasteiger partial charge on any atom is -0.481 e. The number of nitriles is 1. The molecule has 0 unspecified atom stereocenters. The maximum Gasteiger partial charge on any atom is 0.317 e. The van der Waals surface area contributed by atoms with Crippen LogP contribution in [0.4, 0.5) is 4.79 Å². The second kappa shape index (κ2) is 6.75. The fraction of sp³-hybridized carbons (Fsp3) is 0.400. The molecule has 0 bridgehead atoms. The van der Waals surface area contributed by atoms with Crippen LogP contribution >= 0.6 is 0 Å². The third-order valence-electron chi connectivity index (χ3n) is 3.56. The number of piperidine rings is 1. The number of hydrogen-bond donors (Lipinski definition) is 2. The highest BCUT2D eigenvalue weighted by atomic mass is 16.4. The summed E-state index contributed by atoms with van der Waals surface area (Å²) in [6.07, 6.45) is 1.32. The number of carboxylic acids is 1. The van der Waals surface area contributed by atoms with Crippen molar-refractivity contribution in [3.8, 4) is 6.07 Å². The first-order valence-corrected chi connectivity index (χ1v) is 6.85. The lowest BCUT2D eigenvalue weighted by Crippen LogP contribution is -2.46. The van der Waals surface area contributed by atoms with Gasteiger partial charge < -0.3 is 15.3 Å². The largest absolute Gasteiger partial charge is 0.481 e. The Labute approximate surface area is 123 Å². The van der Waals surface area contributed by atoms with E-state index in [1.165, 1.54) is 4.90 Å². The lowest BCUT2D eigenvalue weighted by atomic mass is 9.99. The second-order valence-electron chi connectivity index (χ2n) is 5.09. The normalized spacial score (nSPS) is 17.9. The number of nitrogens with zero attached hydrogens (tertiary/aromatic N) is 2. The van der Waals surface area contributed by atoms with E-state index in [4.69, 9.17) is 10.4 Å². The van der Waals surface area contributed by atoms with Crippen LogP contribution < -0.4 is 5.32 Å². The summed E-state index contributed by atoms with van der Waals surface area (Å²) >= 11 is 0. The summed E-state index contributed by atoms with van der Waals surface area (Å²) < 4.78 is 0. The molecular formula is C15H17N3O3. The molecule has 1 atom stereocenters. The molecule has 1 aliphatic rings. The predicted molar refractivity (Wildman–Crippen MR) is 75.3 cm³/mol. The molecule has 1 saturated heterocycles. The molecule has 1 aromatic rings. The van der Waals surface area contributed by atoms with Crippen LogP contribution in [0.1, 0.15) is 24.0 Å². The fourth-order valence-corrected chi connectivity index (χ4v) is 2.40. The maximum absolute atomic E-state index is 12.1. The van der Waals surface area contributed by atoms with Gasteiger partial charge in [0.2, 0.25) is 0 Å². The van der Waals surface area contributed by atoms with Gasteiger partial charge in [-0.25, -0.2) is 4.79 Å². The molecule has 21 heavy (non-hydrogen) atoms. The average molecular weight is 287 g/mol. The Morgan fingerprint density at radius 3 is 3.00 bits per heavy atom. The highest BCUT2D eigenvalue weighted by Gasteiger charge is 2.27. The van der Waals surface area contributed by atoms with Gasteiger partial charge in [-0.2, -0.15) is 5.26 Å². The summed E-state index contributed by atoms with van der Waals surface area (Å²) in [6.45, 7) is 1.15. The zero-order chi connectivity index (χ0) is 15.2. The number of carbonyl (C=O) groups excluding carboxylic acids is 1. The summed E-state index contributed by atoms with van der Waals surface area (Å²) in [7, 11) is 0. The molecule has 1 fully saturated rings. The molecule has 1 heterocycles. The summed E-state index contributed by atoms with van der Waals surface area (Å²) in [6, 6.07) is 8.80. The molecular weight excluding hydrogens is 270 g/mol. The van der Waals surface area contributed by atoms with E-state index in [-0.39, 0.29) is 12.6 Å². The standard InChI is InChI=1S/C15H17N3O3/c16-8-11-3-1-4-12(7-11)9-17-15(21)18-6-2-5-13(10-18)14(19)20/h1,3-4,7,13H,2,5-6,9-10H2,(H,17,21)(H,19,20)/t13-/m1/s1. The number of carbonyl (C=O) groups is 2. The Hall–Kier alpha value is -2.55. The number of nitrogens with one attached hydrogen (secondary N) is 1. The van der Waals surface area contributed by atoms with Gasteiger partial charge in [-0.15, -0.1) is 0 Å². The van der Waals surface area contributed by atoms with Crippen molar-refractivity contribution in [1.29, 1.82) is 5.26 Å². The molecule has 0 saturated carbocycles. The van der Waals surface area contributed by atoms with Gasteiger partial charge in [0.05, 0.1) is 17.6 Å². The van der Waals surface area contributed by atoms with Crippen LogP contribution in [0.15, 0.2) is 24.3 Å². The van der Waals surface area contributed by atoms with Gasteiger partial charge in [0.25, 0.3) is 0 Å². The van der Waals surface area contributed by atoms with E-state index in [9.17, 15) is 9.59 Å². The van der Waals surface area contributed by atoms with Crippen LogP contribution in [0.3, 0.4) is 0 Å². The highest BCUT2D eigenvalue weighted by molar-refractivity contribution is 5.76. The summed E-state index contributed by atoms with van der Waals surface area (Å²) in [5.41, 5.74) is 1.39. The third-order valence-corrected chi connectivity index (χ3v) is 3.56. The Morgan fingerprint density at radius 1 is 1.48 bits per heavy atom. The van der Waals surface area contributed by atoms with Crippen LogP contribution in [-0.4, -0.2) is 35.1 Å². The van der Waals surface area contributed by atoms with E-state index >= 15 is 0 Å². The molecule has 6 nitrogen and oxygen atoms in total. The predicted octanol–water partition coefficient (Wildman–Crippen LogP) is 1.56. The van der Waals surface area contributed by atoms with E-state index in [0.717, 1.165) is 5.56 Å². The monoisotopic (exact) mass is 287 g/mol. The number of aliphatic carboxylic acids is 1. The molecule has 1 aromatic carbocycles. The van der Waals surface area contributed by atoms with E-state index in [2.05, 4.69) is 5.32 Å². The molecule has 0 spiro atoms. The Kier molecular flexibility index (Phi) is 4.77. The Morgan fingerprint density at radius 2 is 2.29 bits per heavy atom. The first-order chi connectivity index (χ1) is 10.1. The van der Waals surface area contributed by atoms with Crippen molar-refractivity contribution < 1.29 is 14.7 Å². The van der Waals surface area contributed by atoms with Crippen molar-refractivity contribution in [3.05, 3.63) is 35.4 Å². The van der Waals surface area contributed by atoms with Gasteiger partial charge in [-0.3, -0.25) is 4.79 Å². The molecule has 0 radical (unpaired) electrons. The van der Waals surface area contributed by atoms with E-state index < -0.39 is 11.9 Å². The quantitative estimate of drug-likeness (QED) is 0.882. The van der Waals surface area contributed by atoms with Gasteiger partial charge >= 0.3 is 12.0 Å². The number of urea groups is 1. The topological polar surface area (TPSA) is 93.4 Å². The number of likely N-dealkylation sites (tertiary alicyclic amines) is 1. The van der Waals surface area contributed by atoms with Crippen LogP contribution in [0.5, 0.6) is 0 Å². The lowest BCUT2D eigenvalue weighted by molar-refractivity contribution is -0.143. The lowest BCUT2D eigenvalue weighted by Gasteiger charge is -2.30. The first kappa shape index (κ1) is 14.9. The molecule has 0 aliphatic carbocycles. The molecule has 110 valence electrons. The fourth-order valence-electron chi connectivity index (χ4n) is 2.40. The van der Waals surface area contributed by atoms with Gasteiger partial charge in [0.1, 0.15) is 0 Å². The zero-order valence-electron chi connectivity index (χ0n) is 11.6. The Bertz CT molecular complexity index is 580. The smallest absolute Gasteiger partial charge is 0.317 e. The molecule has 2 N–H and O–H groups in total. The molecule has 2 rings (SSSR count). The number of rotatable bonds is 3. The number of benzene rings is 1. The van der Waals surface area contributed by atoms with Crippen molar-refractivity contribution in [2.24, 2.45) is 5.92 Å². The second-order valence-corrected chi connectivity index (χ2v) is 5.09. The van der Waals surface area contributed by atoms with Crippen LogP contribution in [0, 0.1) is 17.2 Å². The van der Waals surface area contributed by atoms with Crippen LogP contribution in [-0.2, 0) is 11.3 Å². The van der Waals surface area contributed by atoms with E-state index in [1.807, 2.05) is 12.1 Å². The van der Waals surface area contributed by atoms with Crippen molar-refractivity contribution >= 4 is 12.0 Å². The van der Waals surface area contributed by atoms with E-state index in [1.54, 1.807) is 18.2 Å². The molecule has 2 amide bonds. The maximum atomic E-state index is 12.1. The van der Waals surface area contributed by atoms with Crippen molar-refractivity contribution in [3.63, 3.8) is 0 Å². The van der Waals surface area contributed by atoms with Crippen molar-refractivity contribution in [1.82, 2.24) is 10.2 Å². The van der Waals surface area contributed by atoms with Gasteiger partial charge in [-0.1, -0.05) is 12.1 Å². The minimum atomic E-state index is -0.853. The summed E-state index contributed by atoms with van der Waals surface area (Å²) in [4.78, 5) is 24.6. The van der Waals surface area contributed by atoms with Crippen LogP contribution in [0.2, 0.25) is 0 Å². The number of hydrogen-bond acceptors (Lipinski definition) is 3. The third kappa shape index (κ3) is 3.96. The molecule has 0 aromatic heterocycles. The van der Waals surface area contributed by atoms with Crippen LogP contribution in [0.25, 0.3) is 0 Å². The van der Waals surface area contributed by atoms with Crippen molar-refractivity contribution in [2.75, 3.05) is 13.1 Å². The first-order valence-electron chi connectivity index (χ1n) is 6.85. The molecule has 1 aliphatic heterocycles. The highest BCUT2D eigenvalue weighted by Crippen LogP contribution is 2.16. The van der Waals surface area contributed by atoms with Gasteiger partial charge in [0.15, 0.2) is 0 Å². The van der Waals surface area contributed by atoms with Crippen molar-refractivity contribution in [2.45, 2.75) is 19.4 Å². The number of carboxylic acid groups (broad SMARTS) is 1. The van der Waals surface area contributed by atoms with Gasteiger partial charge in [-0.05, 0) is 30.5 Å². The SMILES string of the molecule is N#Cc1cccc(CNC(=O)N2CCC[C@@H](C(=O)O)C2)c1. The Balaban J connectivity index is 1.89.